The average Bonchev–Trinajstić information content (AvgIpc) is 1.98. The average molecular weight is 196 g/mol. The van der Waals surface area contributed by atoms with Crippen molar-refractivity contribution in [2.24, 2.45) is 0 Å². The Morgan fingerprint density at radius 1 is 1.33 bits per heavy atom. The third-order valence-corrected chi connectivity index (χ3v) is 1.76. The van der Waals surface area contributed by atoms with E-state index in [9.17, 15) is 4.79 Å². The molecule has 12 heavy (non-hydrogen) atoms. The van der Waals surface area contributed by atoms with Crippen molar-refractivity contribution in [3.63, 3.8) is 0 Å². The number of carboxylic acid groups (broad SMARTS) is 1. The van der Waals surface area contributed by atoms with E-state index in [2.05, 4.69) is 18.7 Å². The first-order chi connectivity index (χ1) is 5.20. The van der Waals surface area contributed by atoms with Gasteiger partial charge in [-0.25, -0.2) is 0 Å². The van der Waals surface area contributed by atoms with Gasteiger partial charge in [0.2, 0.25) is 0 Å². The Morgan fingerprint density at radius 2 is 1.83 bits per heavy atom. The zero-order chi connectivity index (χ0) is 8.69. The second-order valence-electron chi connectivity index (χ2n) is 2.52. The lowest BCUT2D eigenvalue weighted by Gasteiger charge is -2.16. The molecule has 0 aromatic heterocycles. The predicted molar refractivity (Wildman–Crippen MR) is 51.9 cm³/mol. The number of rotatable bonds is 6. The van der Waals surface area contributed by atoms with Crippen molar-refractivity contribution in [3.8, 4) is 0 Å². The van der Waals surface area contributed by atoms with Gasteiger partial charge in [-0.05, 0) is 26.1 Å². The lowest BCUT2D eigenvalue weighted by atomic mass is 10.3. The molecular formula is C8H18ClNO2. The van der Waals surface area contributed by atoms with Gasteiger partial charge >= 0.3 is 5.97 Å². The fourth-order valence-electron chi connectivity index (χ4n) is 0.994. The van der Waals surface area contributed by atoms with Gasteiger partial charge in [-0.1, -0.05) is 13.8 Å². The minimum absolute atomic E-state index is 0. The largest absolute Gasteiger partial charge is 0.481 e. The smallest absolute Gasteiger partial charge is 0.303 e. The Balaban J connectivity index is 0. The summed E-state index contributed by atoms with van der Waals surface area (Å²) in [6.45, 7) is 7.10. The van der Waals surface area contributed by atoms with Crippen LogP contribution in [0.1, 0.15) is 26.7 Å². The molecule has 74 valence electrons. The molecule has 0 aliphatic heterocycles. The molecule has 4 heteroatoms. The molecule has 0 amide bonds. The number of aliphatic carboxylic acids is 1. The van der Waals surface area contributed by atoms with Gasteiger partial charge in [-0.15, -0.1) is 12.4 Å². The summed E-state index contributed by atoms with van der Waals surface area (Å²) in [7, 11) is 0. The second kappa shape index (κ2) is 8.81. The highest BCUT2D eigenvalue weighted by atomic mass is 35.5. The van der Waals surface area contributed by atoms with Crippen molar-refractivity contribution in [2.75, 3.05) is 19.6 Å². The molecule has 0 atom stereocenters. The Bertz CT molecular complexity index is 116. The standard InChI is InChI=1S/C8H17NO2.ClH/c1-3-9(4-2)7-5-6-8(10)11;/h3-7H2,1-2H3,(H,10,11);1H. The first kappa shape index (κ1) is 14.3. The lowest BCUT2D eigenvalue weighted by molar-refractivity contribution is -0.137. The second-order valence-corrected chi connectivity index (χ2v) is 2.52. The van der Waals surface area contributed by atoms with E-state index in [-0.39, 0.29) is 18.8 Å². The van der Waals surface area contributed by atoms with Crippen LogP contribution in [0.5, 0.6) is 0 Å². The molecule has 0 unspecified atom stereocenters. The van der Waals surface area contributed by atoms with E-state index in [1.807, 2.05) is 0 Å². The summed E-state index contributed by atoms with van der Waals surface area (Å²) in [5.41, 5.74) is 0. The monoisotopic (exact) mass is 195 g/mol. The van der Waals surface area contributed by atoms with Gasteiger partial charge in [0.15, 0.2) is 0 Å². The molecule has 0 saturated heterocycles. The van der Waals surface area contributed by atoms with Crippen LogP contribution in [0.3, 0.4) is 0 Å². The van der Waals surface area contributed by atoms with E-state index >= 15 is 0 Å². The maximum atomic E-state index is 10.1. The highest BCUT2D eigenvalue weighted by molar-refractivity contribution is 5.85. The van der Waals surface area contributed by atoms with E-state index in [0.717, 1.165) is 26.1 Å². The molecule has 0 aromatic carbocycles. The number of carboxylic acids is 1. The molecule has 1 N–H and O–H groups in total. The summed E-state index contributed by atoms with van der Waals surface area (Å²) in [6.07, 6.45) is 1.05. The maximum absolute atomic E-state index is 10.1. The van der Waals surface area contributed by atoms with Crippen LogP contribution in [0.2, 0.25) is 0 Å². The zero-order valence-corrected chi connectivity index (χ0v) is 8.56. The summed E-state index contributed by atoms with van der Waals surface area (Å²) >= 11 is 0. The summed E-state index contributed by atoms with van der Waals surface area (Å²) < 4.78 is 0. The first-order valence-corrected chi connectivity index (χ1v) is 4.14. The number of hydrogen-bond acceptors (Lipinski definition) is 2. The highest BCUT2D eigenvalue weighted by Gasteiger charge is 2.00. The molecule has 0 aliphatic carbocycles. The third-order valence-electron chi connectivity index (χ3n) is 1.76. The van der Waals surface area contributed by atoms with Gasteiger partial charge in [0.05, 0.1) is 0 Å². The van der Waals surface area contributed by atoms with Crippen molar-refractivity contribution >= 4 is 18.4 Å². The molecule has 0 bridgehead atoms. The van der Waals surface area contributed by atoms with Gasteiger partial charge < -0.3 is 10.0 Å². The predicted octanol–water partition coefficient (Wildman–Crippen LogP) is 1.61. The van der Waals surface area contributed by atoms with Crippen molar-refractivity contribution in [1.82, 2.24) is 4.90 Å². The lowest BCUT2D eigenvalue weighted by Crippen LogP contribution is -2.24. The normalized spacial score (nSPS) is 9.58. The van der Waals surface area contributed by atoms with Crippen molar-refractivity contribution in [3.05, 3.63) is 0 Å². The summed E-state index contributed by atoms with van der Waals surface area (Å²) in [5, 5.41) is 8.35. The van der Waals surface area contributed by atoms with Crippen LogP contribution in [-0.2, 0) is 4.79 Å². The fourth-order valence-corrected chi connectivity index (χ4v) is 0.994. The van der Waals surface area contributed by atoms with Crippen LogP contribution in [-0.4, -0.2) is 35.6 Å². The van der Waals surface area contributed by atoms with Crippen LogP contribution in [0.15, 0.2) is 0 Å². The zero-order valence-electron chi connectivity index (χ0n) is 7.75. The van der Waals surface area contributed by atoms with Crippen LogP contribution in [0, 0.1) is 0 Å². The van der Waals surface area contributed by atoms with Crippen LogP contribution in [0.25, 0.3) is 0 Å². The van der Waals surface area contributed by atoms with Gasteiger partial charge in [0.25, 0.3) is 0 Å². The minimum atomic E-state index is -0.697. The van der Waals surface area contributed by atoms with E-state index in [0.29, 0.717) is 0 Å². The Morgan fingerprint density at radius 3 is 2.17 bits per heavy atom. The summed E-state index contributed by atoms with van der Waals surface area (Å²) in [6, 6.07) is 0. The van der Waals surface area contributed by atoms with Crippen LogP contribution < -0.4 is 0 Å². The quantitative estimate of drug-likeness (QED) is 0.700. The Hall–Kier alpha value is -0.280. The number of hydrogen-bond donors (Lipinski definition) is 1. The van der Waals surface area contributed by atoms with Gasteiger partial charge in [-0.3, -0.25) is 4.79 Å². The summed E-state index contributed by atoms with van der Waals surface area (Å²) in [5.74, 6) is -0.697. The molecule has 0 aromatic rings. The van der Waals surface area contributed by atoms with Crippen molar-refractivity contribution in [1.29, 1.82) is 0 Å². The minimum Gasteiger partial charge on any atom is -0.481 e. The molecule has 0 saturated carbocycles. The van der Waals surface area contributed by atoms with Gasteiger partial charge in [0.1, 0.15) is 0 Å². The molecule has 0 rings (SSSR count). The molecule has 0 heterocycles. The molecule has 0 fully saturated rings. The number of halogens is 1. The van der Waals surface area contributed by atoms with Crippen molar-refractivity contribution < 1.29 is 9.90 Å². The molecule has 3 nitrogen and oxygen atoms in total. The van der Waals surface area contributed by atoms with E-state index in [1.165, 1.54) is 0 Å². The Labute approximate surface area is 80.2 Å². The Kier molecular flexibility index (Phi) is 10.5. The van der Waals surface area contributed by atoms with E-state index < -0.39 is 5.97 Å². The SMILES string of the molecule is CCN(CC)CCCC(=O)O.Cl. The van der Waals surface area contributed by atoms with Crippen LogP contribution in [0.4, 0.5) is 0 Å². The number of nitrogens with zero attached hydrogens (tertiary/aromatic N) is 1. The third kappa shape index (κ3) is 7.82. The van der Waals surface area contributed by atoms with Gasteiger partial charge in [0, 0.05) is 6.42 Å². The molecular weight excluding hydrogens is 178 g/mol. The highest BCUT2D eigenvalue weighted by Crippen LogP contribution is 1.94. The summed E-state index contributed by atoms with van der Waals surface area (Å²) in [4.78, 5) is 12.4. The number of carbonyl (C=O) groups is 1. The van der Waals surface area contributed by atoms with Crippen LogP contribution >= 0.6 is 12.4 Å². The molecule has 0 spiro atoms. The first-order valence-electron chi connectivity index (χ1n) is 4.14. The van der Waals surface area contributed by atoms with Crippen molar-refractivity contribution in [2.45, 2.75) is 26.7 Å². The maximum Gasteiger partial charge on any atom is 0.303 e. The topological polar surface area (TPSA) is 40.5 Å². The van der Waals surface area contributed by atoms with E-state index in [1.54, 1.807) is 0 Å². The molecule has 0 radical (unpaired) electrons. The fraction of sp³-hybridized carbons (Fsp3) is 0.875. The van der Waals surface area contributed by atoms with Gasteiger partial charge in [-0.2, -0.15) is 0 Å². The van der Waals surface area contributed by atoms with E-state index in [4.69, 9.17) is 5.11 Å². The molecule has 0 aliphatic rings.